The molecule has 38 heavy (non-hydrogen) atoms. The van der Waals surface area contributed by atoms with E-state index in [0.717, 1.165) is 0 Å². The molecule has 1 nitrogen and oxygen atoms in total. The van der Waals surface area contributed by atoms with E-state index in [1.807, 2.05) is 0 Å². The number of fused-ring (bicyclic) bond motifs is 3. The Kier molecular flexibility index (Phi) is 6.54. The predicted molar refractivity (Wildman–Crippen MR) is 166 cm³/mol. The van der Waals surface area contributed by atoms with Gasteiger partial charge in [0.2, 0.25) is 0 Å². The normalized spacial score (nSPS) is 14.1. The highest BCUT2D eigenvalue weighted by molar-refractivity contribution is 5.90. The van der Waals surface area contributed by atoms with Crippen molar-refractivity contribution in [3.05, 3.63) is 107 Å². The Labute approximate surface area is 230 Å². The molecule has 4 aromatic rings. The first-order chi connectivity index (χ1) is 17.9. The summed E-state index contributed by atoms with van der Waals surface area (Å²) < 4.78 is 0. The minimum Gasteiger partial charge on any atom is -0.335 e. The van der Waals surface area contributed by atoms with Crippen LogP contribution < -0.4 is 4.90 Å². The number of benzene rings is 4. The predicted octanol–water partition coefficient (Wildman–Crippen LogP) is 10.8. The van der Waals surface area contributed by atoms with Crippen molar-refractivity contribution >= 4 is 11.4 Å². The molecule has 0 bridgehead atoms. The maximum Gasteiger partial charge on any atom is 0.0498 e. The Bertz CT molecular complexity index is 1460. The fraction of sp³-hybridized carbons (Fsp3) is 0.351. The zero-order valence-corrected chi connectivity index (χ0v) is 24.7. The third-order valence-electron chi connectivity index (χ3n) is 8.24. The molecule has 1 aliphatic rings. The van der Waals surface area contributed by atoms with Crippen molar-refractivity contribution in [2.75, 3.05) is 4.90 Å². The molecule has 0 radical (unpaired) electrons. The first-order valence-electron chi connectivity index (χ1n) is 14.2. The van der Waals surface area contributed by atoms with E-state index in [1.54, 1.807) is 0 Å². The van der Waals surface area contributed by atoms with Crippen LogP contribution in [0.5, 0.6) is 0 Å². The van der Waals surface area contributed by atoms with Crippen molar-refractivity contribution in [1.82, 2.24) is 0 Å². The van der Waals surface area contributed by atoms with Crippen LogP contribution in [-0.2, 0) is 5.41 Å². The van der Waals surface area contributed by atoms with E-state index in [9.17, 15) is 0 Å². The lowest BCUT2D eigenvalue weighted by Gasteiger charge is -2.44. The Balaban J connectivity index is 1.88. The number of rotatable bonds is 5. The van der Waals surface area contributed by atoms with Gasteiger partial charge in [0.15, 0.2) is 0 Å². The fourth-order valence-corrected chi connectivity index (χ4v) is 6.42. The largest absolute Gasteiger partial charge is 0.335 e. The summed E-state index contributed by atoms with van der Waals surface area (Å²) >= 11 is 0. The summed E-state index contributed by atoms with van der Waals surface area (Å²) in [5.41, 5.74) is 13.4. The molecule has 0 unspecified atom stereocenters. The van der Waals surface area contributed by atoms with Gasteiger partial charge in [-0.15, -0.1) is 0 Å². The van der Waals surface area contributed by atoms with Gasteiger partial charge in [0, 0.05) is 22.3 Å². The molecule has 4 aromatic carbocycles. The summed E-state index contributed by atoms with van der Waals surface area (Å²) in [6.45, 7) is 21.2. The highest BCUT2D eigenvalue weighted by Gasteiger charge is 2.42. The molecular weight excluding hydrogens is 458 g/mol. The van der Waals surface area contributed by atoms with E-state index in [-0.39, 0.29) is 11.0 Å². The van der Waals surface area contributed by atoms with Crippen LogP contribution in [0.2, 0.25) is 0 Å². The Hall–Kier alpha value is -3.32. The van der Waals surface area contributed by atoms with E-state index >= 15 is 0 Å². The van der Waals surface area contributed by atoms with Gasteiger partial charge in [-0.2, -0.15) is 0 Å². The monoisotopic (exact) mass is 501 g/mol. The molecule has 0 aromatic heterocycles. The molecule has 0 heterocycles. The van der Waals surface area contributed by atoms with Gasteiger partial charge in [0.05, 0.1) is 0 Å². The Morgan fingerprint density at radius 3 is 1.87 bits per heavy atom. The molecule has 0 N–H and O–H groups in total. The lowest BCUT2D eigenvalue weighted by molar-refractivity contribution is 0.547. The van der Waals surface area contributed by atoms with E-state index in [0.29, 0.717) is 11.8 Å². The van der Waals surface area contributed by atoms with Crippen LogP contribution in [0, 0.1) is 0 Å². The van der Waals surface area contributed by atoms with Crippen LogP contribution in [-0.4, -0.2) is 5.54 Å². The number of hydrogen-bond donors (Lipinski definition) is 0. The second-order valence-corrected chi connectivity index (χ2v) is 13.1. The van der Waals surface area contributed by atoms with Gasteiger partial charge in [-0.05, 0) is 83.2 Å². The van der Waals surface area contributed by atoms with Crippen LogP contribution in [0.4, 0.5) is 11.4 Å². The lowest BCUT2D eigenvalue weighted by atomic mass is 9.78. The number of nitrogens with zero attached hydrogens (tertiary/aromatic N) is 1. The Morgan fingerprint density at radius 1 is 0.632 bits per heavy atom. The molecule has 1 heteroatoms. The van der Waals surface area contributed by atoms with Crippen LogP contribution in [0.15, 0.2) is 84.9 Å². The average molecular weight is 502 g/mol. The van der Waals surface area contributed by atoms with E-state index < -0.39 is 0 Å². The van der Waals surface area contributed by atoms with E-state index in [1.165, 1.54) is 55.9 Å². The molecule has 0 fully saturated rings. The van der Waals surface area contributed by atoms with Crippen LogP contribution >= 0.6 is 0 Å². The van der Waals surface area contributed by atoms with Gasteiger partial charge in [0.25, 0.3) is 0 Å². The zero-order chi connectivity index (χ0) is 27.4. The first-order valence-corrected chi connectivity index (χ1v) is 14.2. The molecule has 196 valence electrons. The quantitative estimate of drug-likeness (QED) is 0.263. The van der Waals surface area contributed by atoms with Crippen molar-refractivity contribution in [3.8, 4) is 22.3 Å². The molecule has 0 spiro atoms. The fourth-order valence-electron chi connectivity index (χ4n) is 6.42. The van der Waals surface area contributed by atoms with Crippen molar-refractivity contribution in [3.63, 3.8) is 0 Å². The van der Waals surface area contributed by atoms with Gasteiger partial charge in [-0.3, -0.25) is 0 Å². The van der Waals surface area contributed by atoms with Gasteiger partial charge in [-0.25, -0.2) is 0 Å². The van der Waals surface area contributed by atoms with E-state index in [4.69, 9.17) is 0 Å². The minimum absolute atomic E-state index is 0.0926. The van der Waals surface area contributed by atoms with Gasteiger partial charge >= 0.3 is 0 Å². The number of anilines is 2. The highest BCUT2D eigenvalue weighted by atomic mass is 15.2. The maximum absolute atomic E-state index is 2.68. The van der Waals surface area contributed by atoms with Crippen LogP contribution in [0.3, 0.4) is 0 Å². The smallest absolute Gasteiger partial charge is 0.0498 e. The number of hydrogen-bond acceptors (Lipinski definition) is 1. The summed E-state index contributed by atoms with van der Waals surface area (Å²) in [5, 5.41) is 0. The van der Waals surface area contributed by atoms with E-state index in [2.05, 4.69) is 152 Å². The third kappa shape index (κ3) is 4.27. The highest BCUT2D eigenvalue weighted by Crippen LogP contribution is 2.56. The summed E-state index contributed by atoms with van der Waals surface area (Å²) in [7, 11) is 0. The summed E-state index contributed by atoms with van der Waals surface area (Å²) in [5.74, 6) is 0.809. The topological polar surface area (TPSA) is 3.24 Å². The first kappa shape index (κ1) is 26.3. The molecule has 0 aliphatic heterocycles. The molecule has 0 saturated carbocycles. The van der Waals surface area contributed by atoms with Crippen molar-refractivity contribution in [2.45, 2.75) is 85.1 Å². The molecule has 0 amide bonds. The van der Waals surface area contributed by atoms with Crippen molar-refractivity contribution in [1.29, 1.82) is 0 Å². The summed E-state index contributed by atoms with van der Waals surface area (Å²) in [6.07, 6.45) is 0. The summed E-state index contributed by atoms with van der Waals surface area (Å²) in [4.78, 5) is 2.68. The lowest BCUT2D eigenvalue weighted by Crippen LogP contribution is -2.40. The molecule has 0 atom stereocenters. The molecule has 1 aliphatic carbocycles. The average Bonchev–Trinajstić information content (AvgIpc) is 3.11. The molecule has 0 saturated heterocycles. The molecular formula is C37H43N. The SMILES string of the molecule is CC(C)c1ccc(-c2ccccc2)cc1N(c1c(C(C)C)ccc2c1C(C)(C)c1ccccc1-2)C(C)(C)C. The third-order valence-corrected chi connectivity index (χ3v) is 8.24. The zero-order valence-electron chi connectivity index (χ0n) is 24.7. The molecule has 5 rings (SSSR count). The maximum atomic E-state index is 2.68. The van der Waals surface area contributed by atoms with Crippen LogP contribution in [0.1, 0.15) is 96.4 Å². The van der Waals surface area contributed by atoms with Gasteiger partial charge in [0.1, 0.15) is 0 Å². The van der Waals surface area contributed by atoms with Crippen molar-refractivity contribution in [2.24, 2.45) is 0 Å². The Morgan fingerprint density at radius 2 is 1.24 bits per heavy atom. The van der Waals surface area contributed by atoms with Gasteiger partial charge < -0.3 is 4.90 Å². The second kappa shape index (κ2) is 9.45. The standard InChI is InChI=1S/C37H43N/c1-24(2)28-20-19-27(26-15-11-10-12-16-26)23-33(28)38(36(5,6)7)35-29(25(3)4)21-22-31-30-17-13-14-18-32(30)37(8,9)34(31)35/h10-25H,1-9H3. The summed E-state index contributed by atoms with van der Waals surface area (Å²) in [6, 6.07) is 31.7. The van der Waals surface area contributed by atoms with Crippen molar-refractivity contribution < 1.29 is 0 Å². The van der Waals surface area contributed by atoms with Gasteiger partial charge in [-0.1, -0.05) is 120 Å². The van der Waals surface area contributed by atoms with Crippen LogP contribution in [0.25, 0.3) is 22.3 Å². The minimum atomic E-state index is -0.136. The second-order valence-electron chi connectivity index (χ2n) is 13.1.